The van der Waals surface area contributed by atoms with Gasteiger partial charge in [-0.05, 0) is 35.0 Å². The van der Waals surface area contributed by atoms with Crippen molar-refractivity contribution in [2.24, 2.45) is 0 Å². The maximum absolute atomic E-state index is 5.86. The van der Waals surface area contributed by atoms with Crippen LogP contribution in [0, 0.1) is 0 Å². The molecule has 0 aliphatic heterocycles. The third-order valence-corrected chi connectivity index (χ3v) is 3.73. The van der Waals surface area contributed by atoms with Crippen LogP contribution in [0.3, 0.4) is 0 Å². The highest BCUT2D eigenvalue weighted by Gasteiger charge is 2.34. The first kappa shape index (κ1) is 20.6. The highest BCUT2D eigenvalue weighted by atomic mass is 79.9. The van der Waals surface area contributed by atoms with E-state index in [0.717, 1.165) is 0 Å². The molecule has 0 saturated heterocycles. The molecule has 0 aliphatic rings. The summed E-state index contributed by atoms with van der Waals surface area (Å²) in [4.78, 5) is 12.2. The average molecular weight is 515 g/mol. The van der Waals surface area contributed by atoms with Crippen LogP contribution in [-0.2, 0) is 7.59 Å². The summed E-state index contributed by atoms with van der Waals surface area (Å²) in [7, 11) is 0. The molecule has 1 aromatic carbocycles. The van der Waals surface area contributed by atoms with Gasteiger partial charge < -0.3 is 4.74 Å². The maximum atomic E-state index is 5.86. The van der Waals surface area contributed by atoms with Gasteiger partial charge in [0.15, 0.2) is 22.5 Å². The molecule has 1 aromatic heterocycles. The molecule has 0 amide bonds. The van der Waals surface area contributed by atoms with E-state index < -0.39 is 7.59 Å². The van der Waals surface area contributed by atoms with Gasteiger partial charge in [0.1, 0.15) is 5.75 Å². The molecule has 1 atom stereocenters. The Morgan fingerprint density at radius 2 is 1.50 bits per heavy atom. The first-order valence-electron chi connectivity index (χ1n) is 6.28. The van der Waals surface area contributed by atoms with Gasteiger partial charge in [-0.25, -0.2) is 15.0 Å². The van der Waals surface area contributed by atoms with E-state index in [1.165, 1.54) is 0 Å². The lowest BCUT2D eigenvalue weighted by Crippen LogP contribution is -2.16. The summed E-state index contributed by atoms with van der Waals surface area (Å²) < 4.78 is 1.76. The van der Waals surface area contributed by atoms with Crippen LogP contribution in [0.25, 0.3) is 11.4 Å². The Morgan fingerprint density at radius 1 is 0.958 bits per heavy atom. The lowest BCUT2D eigenvalue weighted by Gasteiger charge is -2.16. The largest absolute Gasteiger partial charge is 0.480 e. The molecule has 0 N–H and O–H groups in total. The Kier molecular flexibility index (Phi) is 6.74. The standard InChI is InChI=1S/C13H8BrCl6N3O/c1-6(14)24-8-4-2-3-7(5-8)9-21-10(12(15,16)17)23-11(22-9)13(18,19)20/h2-6H,1H3. The lowest BCUT2D eigenvalue weighted by atomic mass is 10.2. The molecule has 0 aliphatic carbocycles. The minimum Gasteiger partial charge on any atom is -0.480 e. The van der Waals surface area contributed by atoms with Crippen LogP contribution in [0.2, 0.25) is 0 Å². The Hall–Kier alpha value is 0.250. The lowest BCUT2D eigenvalue weighted by molar-refractivity contribution is 0.314. The molecule has 0 bridgehead atoms. The first-order chi connectivity index (χ1) is 11.0. The molecule has 24 heavy (non-hydrogen) atoms. The van der Waals surface area contributed by atoms with Crippen LogP contribution in [0.1, 0.15) is 18.6 Å². The molecule has 0 fully saturated rings. The number of nitrogens with zero attached hydrogens (tertiary/aromatic N) is 3. The van der Waals surface area contributed by atoms with Gasteiger partial charge in [0.2, 0.25) is 7.59 Å². The smallest absolute Gasteiger partial charge is 0.250 e. The third-order valence-electron chi connectivity index (χ3n) is 2.53. The molecular formula is C13H8BrCl6N3O. The molecule has 4 nitrogen and oxygen atoms in total. The zero-order valence-electron chi connectivity index (χ0n) is 11.8. The summed E-state index contributed by atoms with van der Waals surface area (Å²) in [6, 6.07) is 6.98. The first-order valence-corrected chi connectivity index (χ1v) is 9.47. The topological polar surface area (TPSA) is 47.9 Å². The Balaban J connectivity index is 2.57. The molecule has 2 aromatic rings. The van der Waals surface area contributed by atoms with Gasteiger partial charge in [-0.3, -0.25) is 0 Å². The summed E-state index contributed by atoms with van der Waals surface area (Å²) in [6.45, 7) is 1.83. The van der Waals surface area contributed by atoms with Crippen molar-refractivity contribution >= 4 is 85.5 Å². The van der Waals surface area contributed by atoms with Gasteiger partial charge in [0.25, 0.3) is 0 Å². The van der Waals surface area contributed by atoms with Crippen LogP contribution in [-0.4, -0.2) is 20.0 Å². The fourth-order valence-corrected chi connectivity index (χ4v) is 2.38. The summed E-state index contributed by atoms with van der Waals surface area (Å²) in [5, 5.41) is -0.181. The Morgan fingerprint density at radius 3 is 1.96 bits per heavy atom. The fraction of sp³-hybridized carbons (Fsp3) is 0.308. The van der Waals surface area contributed by atoms with Crippen molar-refractivity contribution in [3.63, 3.8) is 0 Å². The van der Waals surface area contributed by atoms with Crippen LogP contribution in [0.15, 0.2) is 24.3 Å². The fourth-order valence-electron chi connectivity index (χ4n) is 1.65. The second-order valence-corrected chi connectivity index (χ2v) is 10.3. The number of halogens is 7. The Labute approximate surface area is 176 Å². The van der Waals surface area contributed by atoms with Crippen molar-refractivity contribution in [3.8, 4) is 17.1 Å². The quantitative estimate of drug-likeness (QED) is 0.450. The van der Waals surface area contributed by atoms with E-state index in [0.29, 0.717) is 11.3 Å². The molecule has 11 heteroatoms. The molecule has 130 valence electrons. The molecule has 0 spiro atoms. The van der Waals surface area contributed by atoms with Crippen molar-refractivity contribution in [2.45, 2.75) is 19.5 Å². The van der Waals surface area contributed by atoms with E-state index in [9.17, 15) is 0 Å². The SMILES string of the molecule is CC(Br)Oc1cccc(-c2nc(C(Cl)(Cl)Cl)nc(C(Cl)(Cl)Cl)n2)c1. The predicted octanol–water partition coefficient (Wildman–Crippen LogP) is 6.31. The second-order valence-electron chi connectivity index (χ2n) is 4.49. The zero-order valence-corrected chi connectivity index (χ0v) is 17.9. The van der Waals surface area contributed by atoms with Crippen LogP contribution in [0.4, 0.5) is 0 Å². The highest BCUT2D eigenvalue weighted by molar-refractivity contribution is 9.09. The van der Waals surface area contributed by atoms with Crippen molar-refractivity contribution in [3.05, 3.63) is 35.9 Å². The van der Waals surface area contributed by atoms with Gasteiger partial charge in [-0.2, -0.15) is 0 Å². The maximum Gasteiger partial charge on any atom is 0.250 e. The normalized spacial score (nSPS) is 13.7. The van der Waals surface area contributed by atoms with E-state index in [-0.39, 0.29) is 22.5 Å². The molecule has 2 rings (SSSR count). The van der Waals surface area contributed by atoms with Crippen LogP contribution < -0.4 is 4.74 Å². The summed E-state index contributed by atoms with van der Waals surface area (Å²) in [5.41, 5.74) is 0.578. The van der Waals surface area contributed by atoms with E-state index in [1.807, 2.05) is 6.92 Å². The predicted molar refractivity (Wildman–Crippen MR) is 103 cm³/mol. The van der Waals surface area contributed by atoms with Crippen molar-refractivity contribution in [2.75, 3.05) is 0 Å². The van der Waals surface area contributed by atoms with Gasteiger partial charge in [-0.15, -0.1) is 0 Å². The number of benzene rings is 1. The third kappa shape index (κ3) is 5.63. The monoisotopic (exact) mass is 511 g/mol. The second kappa shape index (κ2) is 7.87. The van der Waals surface area contributed by atoms with Gasteiger partial charge in [-0.1, -0.05) is 81.7 Å². The van der Waals surface area contributed by atoms with Crippen LogP contribution in [0.5, 0.6) is 5.75 Å². The van der Waals surface area contributed by atoms with E-state index in [4.69, 9.17) is 74.3 Å². The molecule has 0 radical (unpaired) electrons. The zero-order chi connectivity index (χ0) is 18.1. The summed E-state index contributed by atoms with van der Waals surface area (Å²) >= 11 is 38.4. The van der Waals surface area contributed by atoms with E-state index in [2.05, 4.69) is 30.9 Å². The Bertz CT molecular complexity index is 700. The van der Waals surface area contributed by atoms with Gasteiger partial charge >= 0.3 is 0 Å². The van der Waals surface area contributed by atoms with Crippen molar-refractivity contribution < 1.29 is 4.74 Å². The summed E-state index contributed by atoms with van der Waals surface area (Å²) in [6.07, 6.45) is 0. The number of hydrogen-bond donors (Lipinski definition) is 0. The van der Waals surface area contributed by atoms with Gasteiger partial charge in [0, 0.05) is 5.56 Å². The van der Waals surface area contributed by atoms with E-state index in [1.54, 1.807) is 24.3 Å². The number of rotatable bonds is 3. The number of hydrogen-bond acceptors (Lipinski definition) is 4. The number of aromatic nitrogens is 3. The van der Waals surface area contributed by atoms with Gasteiger partial charge in [0.05, 0.1) is 0 Å². The molecule has 1 unspecified atom stereocenters. The number of ether oxygens (including phenoxy) is 1. The molecule has 0 saturated carbocycles. The average Bonchev–Trinajstić information content (AvgIpc) is 2.44. The minimum atomic E-state index is -1.90. The number of alkyl halides is 7. The van der Waals surface area contributed by atoms with Crippen LogP contribution >= 0.6 is 85.5 Å². The minimum absolute atomic E-state index is 0.154. The van der Waals surface area contributed by atoms with Crippen molar-refractivity contribution in [1.29, 1.82) is 0 Å². The molecular weight excluding hydrogens is 507 g/mol. The molecule has 1 heterocycles. The summed E-state index contributed by atoms with van der Waals surface area (Å²) in [5.74, 6) is 0.460. The van der Waals surface area contributed by atoms with Crippen molar-refractivity contribution in [1.82, 2.24) is 15.0 Å². The highest BCUT2D eigenvalue weighted by Crippen LogP contribution is 2.40. The van der Waals surface area contributed by atoms with E-state index >= 15 is 0 Å².